The molecule has 2 aromatic rings. The highest BCUT2D eigenvalue weighted by atomic mass is 16.5. The summed E-state index contributed by atoms with van der Waals surface area (Å²) in [7, 11) is 0. The monoisotopic (exact) mass is 418 g/mol. The topological polar surface area (TPSA) is 26.3 Å². The van der Waals surface area contributed by atoms with Crippen LogP contribution in [-0.4, -0.2) is 5.97 Å². The predicted molar refractivity (Wildman–Crippen MR) is 130 cm³/mol. The van der Waals surface area contributed by atoms with Crippen LogP contribution in [0.15, 0.2) is 60.7 Å². The Labute approximate surface area is 188 Å². The number of carbonyl (C=O) groups is 1. The van der Waals surface area contributed by atoms with Crippen molar-refractivity contribution in [2.45, 2.75) is 78.1 Å². The van der Waals surface area contributed by atoms with Gasteiger partial charge in [0.1, 0.15) is 5.75 Å². The summed E-state index contributed by atoms with van der Waals surface area (Å²) >= 11 is 0. The highest BCUT2D eigenvalue weighted by molar-refractivity contribution is 5.91. The maximum absolute atomic E-state index is 12.3. The van der Waals surface area contributed by atoms with Crippen LogP contribution in [-0.2, 0) is 6.42 Å². The molecule has 0 atom stereocenters. The van der Waals surface area contributed by atoms with Crippen LogP contribution in [0, 0.1) is 18.8 Å². The van der Waals surface area contributed by atoms with Crippen molar-refractivity contribution in [3.05, 3.63) is 77.4 Å². The minimum atomic E-state index is -0.305. The molecule has 1 fully saturated rings. The molecule has 2 nitrogen and oxygen atoms in total. The zero-order valence-corrected chi connectivity index (χ0v) is 19.3. The van der Waals surface area contributed by atoms with Gasteiger partial charge in [-0.15, -0.1) is 0 Å². The lowest BCUT2D eigenvalue weighted by Gasteiger charge is -2.26. The average Bonchev–Trinajstić information content (AvgIpc) is 2.80. The Morgan fingerprint density at radius 3 is 2.35 bits per heavy atom. The van der Waals surface area contributed by atoms with Gasteiger partial charge in [-0.05, 0) is 87.1 Å². The lowest BCUT2D eigenvalue weighted by Crippen LogP contribution is -2.13. The van der Waals surface area contributed by atoms with Gasteiger partial charge >= 0.3 is 5.97 Å². The molecule has 0 amide bonds. The van der Waals surface area contributed by atoms with Gasteiger partial charge in [-0.2, -0.15) is 0 Å². The zero-order valence-electron chi connectivity index (χ0n) is 19.3. The molecule has 1 aliphatic carbocycles. The molecule has 0 aliphatic heterocycles. The molecular weight excluding hydrogens is 380 g/mol. The molecule has 1 aliphatic rings. The van der Waals surface area contributed by atoms with Gasteiger partial charge in [0.15, 0.2) is 0 Å². The Bertz CT molecular complexity index is 809. The van der Waals surface area contributed by atoms with Gasteiger partial charge in [0, 0.05) is 0 Å². The fourth-order valence-corrected chi connectivity index (χ4v) is 4.47. The molecule has 0 saturated heterocycles. The van der Waals surface area contributed by atoms with E-state index in [4.69, 9.17) is 4.74 Å². The average molecular weight is 419 g/mol. The fraction of sp³-hybridized carbons (Fsp3) is 0.483. The van der Waals surface area contributed by atoms with Crippen LogP contribution in [0.25, 0.3) is 0 Å². The summed E-state index contributed by atoms with van der Waals surface area (Å²) in [4.78, 5) is 12.3. The molecule has 0 aromatic heterocycles. The van der Waals surface area contributed by atoms with Gasteiger partial charge in [-0.25, -0.2) is 4.79 Å². The van der Waals surface area contributed by atoms with E-state index in [0.29, 0.717) is 11.3 Å². The molecule has 2 aromatic carbocycles. The van der Waals surface area contributed by atoms with Crippen molar-refractivity contribution in [3.63, 3.8) is 0 Å². The number of benzene rings is 2. The number of rotatable bonds is 10. The Morgan fingerprint density at radius 1 is 0.968 bits per heavy atom. The molecule has 3 rings (SSSR count). The molecule has 166 valence electrons. The van der Waals surface area contributed by atoms with Crippen LogP contribution in [0.3, 0.4) is 0 Å². The maximum Gasteiger partial charge on any atom is 0.343 e. The summed E-state index contributed by atoms with van der Waals surface area (Å²) in [5.41, 5.74) is 3.00. The van der Waals surface area contributed by atoms with Crippen LogP contribution < -0.4 is 4.74 Å². The Balaban J connectivity index is 1.36. The van der Waals surface area contributed by atoms with Crippen molar-refractivity contribution < 1.29 is 9.53 Å². The van der Waals surface area contributed by atoms with E-state index >= 15 is 0 Å². The first-order chi connectivity index (χ1) is 15.1. The first kappa shape index (κ1) is 23.3. The van der Waals surface area contributed by atoms with Crippen LogP contribution >= 0.6 is 0 Å². The maximum atomic E-state index is 12.3. The number of hydrogen-bond donors (Lipinski definition) is 0. The largest absolute Gasteiger partial charge is 0.423 e. The molecule has 1 saturated carbocycles. The lowest BCUT2D eigenvalue weighted by molar-refractivity contribution is 0.0734. The normalized spacial score (nSPS) is 18.9. The Kier molecular flexibility index (Phi) is 9.39. The number of allylic oxidation sites excluding steroid dienone is 2. The van der Waals surface area contributed by atoms with E-state index in [0.717, 1.165) is 30.2 Å². The van der Waals surface area contributed by atoms with Crippen molar-refractivity contribution in [2.24, 2.45) is 11.8 Å². The first-order valence-electron chi connectivity index (χ1n) is 12.2. The zero-order chi connectivity index (χ0) is 21.9. The molecule has 31 heavy (non-hydrogen) atoms. The number of aryl methyl sites for hydroxylation is 2. The highest BCUT2D eigenvalue weighted by Crippen LogP contribution is 2.32. The van der Waals surface area contributed by atoms with Crippen molar-refractivity contribution >= 4 is 5.97 Å². The van der Waals surface area contributed by atoms with E-state index in [1.54, 1.807) is 0 Å². The van der Waals surface area contributed by atoms with Crippen molar-refractivity contribution in [2.75, 3.05) is 0 Å². The second-order valence-electron chi connectivity index (χ2n) is 9.14. The van der Waals surface area contributed by atoms with Gasteiger partial charge in [0.05, 0.1) is 5.56 Å². The highest BCUT2D eigenvalue weighted by Gasteiger charge is 2.18. The Morgan fingerprint density at radius 2 is 1.68 bits per heavy atom. The van der Waals surface area contributed by atoms with Crippen molar-refractivity contribution in [1.29, 1.82) is 0 Å². The minimum absolute atomic E-state index is 0.305. The van der Waals surface area contributed by atoms with Crippen molar-refractivity contribution in [1.82, 2.24) is 0 Å². The van der Waals surface area contributed by atoms with Gasteiger partial charge in [-0.3, -0.25) is 0 Å². The number of carbonyl (C=O) groups excluding carboxylic acids is 1. The van der Waals surface area contributed by atoms with E-state index in [1.807, 2.05) is 55.5 Å². The number of unbranched alkanes of at least 4 members (excludes halogenated alkanes) is 2. The summed E-state index contributed by atoms with van der Waals surface area (Å²) in [6.45, 7) is 4.30. The molecule has 0 bridgehead atoms. The van der Waals surface area contributed by atoms with Gasteiger partial charge in [0.2, 0.25) is 0 Å². The SMILES string of the molecule is CCCCCC1CCC(/C=C/CCc2ccc(C(=O)Oc3ccc(C)cc3)cc2)CC1. The molecule has 0 spiro atoms. The van der Waals surface area contributed by atoms with Crippen LogP contribution in [0.5, 0.6) is 5.75 Å². The second kappa shape index (κ2) is 12.5. The Hall–Kier alpha value is -2.35. The molecular formula is C29H38O2. The third-order valence-electron chi connectivity index (χ3n) is 6.54. The van der Waals surface area contributed by atoms with Crippen LogP contribution in [0.2, 0.25) is 0 Å². The van der Waals surface area contributed by atoms with Gasteiger partial charge < -0.3 is 4.74 Å². The van der Waals surface area contributed by atoms with Crippen LogP contribution in [0.4, 0.5) is 0 Å². The predicted octanol–water partition coefficient (Wildman–Crippen LogP) is 8.09. The first-order valence-corrected chi connectivity index (χ1v) is 12.2. The summed E-state index contributed by atoms with van der Waals surface area (Å²) < 4.78 is 5.45. The summed E-state index contributed by atoms with van der Waals surface area (Å²) in [6.07, 6.45) is 18.0. The molecule has 0 unspecified atom stereocenters. The summed E-state index contributed by atoms with van der Waals surface area (Å²) in [5.74, 6) is 2.04. The quantitative estimate of drug-likeness (QED) is 0.169. The van der Waals surface area contributed by atoms with Crippen LogP contribution in [0.1, 0.15) is 86.2 Å². The smallest absolute Gasteiger partial charge is 0.343 e. The third kappa shape index (κ3) is 8.01. The van der Waals surface area contributed by atoms with Crippen molar-refractivity contribution in [3.8, 4) is 5.75 Å². The summed E-state index contributed by atoms with van der Waals surface area (Å²) in [5, 5.41) is 0. The minimum Gasteiger partial charge on any atom is -0.423 e. The van der Waals surface area contributed by atoms with E-state index in [-0.39, 0.29) is 5.97 Å². The van der Waals surface area contributed by atoms with E-state index in [1.165, 1.54) is 56.9 Å². The molecule has 2 heteroatoms. The second-order valence-corrected chi connectivity index (χ2v) is 9.14. The number of hydrogen-bond acceptors (Lipinski definition) is 2. The number of ether oxygens (including phenoxy) is 1. The molecule has 0 heterocycles. The lowest BCUT2D eigenvalue weighted by atomic mass is 9.79. The van der Waals surface area contributed by atoms with E-state index in [2.05, 4.69) is 19.1 Å². The molecule has 0 radical (unpaired) electrons. The third-order valence-corrected chi connectivity index (χ3v) is 6.54. The summed E-state index contributed by atoms with van der Waals surface area (Å²) in [6, 6.07) is 15.4. The van der Waals surface area contributed by atoms with Gasteiger partial charge in [0.25, 0.3) is 0 Å². The van der Waals surface area contributed by atoms with Gasteiger partial charge in [-0.1, -0.05) is 74.6 Å². The molecule has 0 N–H and O–H groups in total. The van der Waals surface area contributed by atoms with E-state index < -0.39 is 0 Å². The standard InChI is InChI=1S/C29H38O2/c1-3-4-5-8-24-13-15-25(16-14-24)9-6-7-10-26-17-19-27(20-18-26)29(30)31-28-21-11-23(2)12-22-28/h6,9,11-12,17-22,24-25H,3-5,7-8,10,13-16H2,1-2H3/b9-6+. The fourth-order valence-electron chi connectivity index (χ4n) is 4.47. The van der Waals surface area contributed by atoms with E-state index in [9.17, 15) is 4.79 Å². The number of esters is 1.